The lowest BCUT2D eigenvalue weighted by molar-refractivity contribution is -0.145. The molecule has 1 aliphatic rings. The van der Waals surface area contributed by atoms with Gasteiger partial charge in [0.25, 0.3) is 0 Å². The standard InChI is InChI=1S/C11H18N2O5/c1-2-7-4-3-5-13(7)11(18)12-8(10(16)17)6-9(14)15/h7-8H,2-6H2,1H3,(H,12,18)(H,14,15)(H,16,17). The van der Waals surface area contributed by atoms with Gasteiger partial charge in [0.05, 0.1) is 6.42 Å². The molecule has 0 saturated carbocycles. The normalized spacial score (nSPS) is 20.5. The number of nitrogens with zero attached hydrogens (tertiary/aromatic N) is 1. The Morgan fingerprint density at radius 3 is 2.56 bits per heavy atom. The first-order valence-corrected chi connectivity index (χ1v) is 5.97. The summed E-state index contributed by atoms with van der Waals surface area (Å²) < 4.78 is 0. The lowest BCUT2D eigenvalue weighted by atomic mass is 10.2. The van der Waals surface area contributed by atoms with Crippen LogP contribution in [0.5, 0.6) is 0 Å². The zero-order valence-corrected chi connectivity index (χ0v) is 10.3. The van der Waals surface area contributed by atoms with Crippen LogP contribution in [0.15, 0.2) is 0 Å². The molecule has 0 aromatic rings. The smallest absolute Gasteiger partial charge is 0.326 e. The molecule has 3 N–H and O–H groups in total. The maximum Gasteiger partial charge on any atom is 0.326 e. The van der Waals surface area contributed by atoms with Gasteiger partial charge < -0.3 is 20.4 Å². The first-order chi connectivity index (χ1) is 8.45. The molecule has 7 heteroatoms. The first-order valence-electron chi connectivity index (χ1n) is 5.97. The third-order valence-electron chi connectivity index (χ3n) is 3.08. The average Bonchev–Trinajstić information content (AvgIpc) is 2.75. The fourth-order valence-electron chi connectivity index (χ4n) is 2.13. The summed E-state index contributed by atoms with van der Waals surface area (Å²) in [6.07, 6.45) is 1.99. The fraction of sp³-hybridized carbons (Fsp3) is 0.727. The number of hydrogen-bond acceptors (Lipinski definition) is 3. The predicted octanol–water partition coefficient (Wildman–Crippen LogP) is 0.498. The largest absolute Gasteiger partial charge is 0.481 e. The number of aliphatic carboxylic acids is 2. The highest BCUT2D eigenvalue weighted by Crippen LogP contribution is 2.19. The number of carbonyl (C=O) groups excluding carboxylic acids is 1. The molecule has 1 fully saturated rings. The van der Waals surface area contributed by atoms with E-state index < -0.39 is 30.4 Å². The lowest BCUT2D eigenvalue weighted by Gasteiger charge is -2.25. The Kier molecular flexibility index (Phi) is 4.94. The van der Waals surface area contributed by atoms with Crippen molar-refractivity contribution in [1.29, 1.82) is 0 Å². The van der Waals surface area contributed by atoms with Gasteiger partial charge in [0.1, 0.15) is 6.04 Å². The van der Waals surface area contributed by atoms with Crippen molar-refractivity contribution >= 4 is 18.0 Å². The van der Waals surface area contributed by atoms with Gasteiger partial charge in [-0.3, -0.25) is 4.79 Å². The Hall–Kier alpha value is -1.79. The minimum Gasteiger partial charge on any atom is -0.481 e. The number of nitrogens with one attached hydrogen (secondary N) is 1. The van der Waals surface area contributed by atoms with Gasteiger partial charge in [0, 0.05) is 12.6 Å². The van der Waals surface area contributed by atoms with Gasteiger partial charge in [-0.2, -0.15) is 0 Å². The highest BCUT2D eigenvalue weighted by atomic mass is 16.4. The van der Waals surface area contributed by atoms with Crippen molar-refractivity contribution in [2.24, 2.45) is 0 Å². The van der Waals surface area contributed by atoms with E-state index in [0.717, 1.165) is 19.3 Å². The molecule has 1 saturated heterocycles. The van der Waals surface area contributed by atoms with E-state index in [9.17, 15) is 14.4 Å². The molecule has 102 valence electrons. The quantitative estimate of drug-likeness (QED) is 0.665. The van der Waals surface area contributed by atoms with Crippen LogP contribution in [0.3, 0.4) is 0 Å². The summed E-state index contributed by atoms with van der Waals surface area (Å²) in [7, 11) is 0. The zero-order valence-electron chi connectivity index (χ0n) is 10.3. The number of hydrogen-bond donors (Lipinski definition) is 3. The van der Waals surface area contributed by atoms with E-state index in [4.69, 9.17) is 10.2 Å². The lowest BCUT2D eigenvalue weighted by Crippen LogP contribution is -2.50. The Morgan fingerprint density at radius 1 is 1.39 bits per heavy atom. The summed E-state index contributed by atoms with van der Waals surface area (Å²) in [5.41, 5.74) is 0. The van der Waals surface area contributed by atoms with Crippen molar-refractivity contribution in [2.75, 3.05) is 6.54 Å². The van der Waals surface area contributed by atoms with Gasteiger partial charge in [-0.25, -0.2) is 9.59 Å². The molecule has 0 aromatic carbocycles. The first kappa shape index (κ1) is 14.3. The second-order valence-electron chi connectivity index (χ2n) is 4.34. The minimum atomic E-state index is -1.38. The summed E-state index contributed by atoms with van der Waals surface area (Å²) in [6, 6.07) is -1.76. The Bertz CT molecular complexity index is 344. The molecule has 18 heavy (non-hydrogen) atoms. The molecule has 0 bridgehead atoms. The molecule has 0 aromatic heterocycles. The molecule has 0 spiro atoms. The topological polar surface area (TPSA) is 107 Å². The zero-order chi connectivity index (χ0) is 13.7. The van der Waals surface area contributed by atoms with Crippen molar-refractivity contribution in [2.45, 2.75) is 44.7 Å². The van der Waals surface area contributed by atoms with Gasteiger partial charge in [0.2, 0.25) is 0 Å². The van der Waals surface area contributed by atoms with E-state index in [-0.39, 0.29) is 6.04 Å². The number of urea groups is 1. The number of likely N-dealkylation sites (tertiary alicyclic amines) is 1. The second kappa shape index (κ2) is 6.23. The van der Waals surface area contributed by atoms with Crippen LogP contribution in [0, 0.1) is 0 Å². The maximum absolute atomic E-state index is 11.9. The molecular weight excluding hydrogens is 240 g/mol. The van der Waals surface area contributed by atoms with Gasteiger partial charge in [-0.1, -0.05) is 6.92 Å². The summed E-state index contributed by atoms with van der Waals surface area (Å²) >= 11 is 0. The molecule has 1 heterocycles. The van der Waals surface area contributed by atoms with Crippen molar-refractivity contribution in [1.82, 2.24) is 10.2 Å². The molecule has 2 amide bonds. The van der Waals surface area contributed by atoms with E-state index in [1.807, 2.05) is 6.92 Å². The van der Waals surface area contributed by atoms with Crippen molar-refractivity contribution in [3.05, 3.63) is 0 Å². The van der Waals surface area contributed by atoms with Crippen molar-refractivity contribution in [3.8, 4) is 0 Å². The van der Waals surface area contributed by atoms with Gasteiger partial charge in [-0.05, 0) is 19.3 Å². The third kappa shape index (κ3) is 3.61. The van der Waals surface area contributed by atoms with E-state index in [1.54, 1.807) is 4.90 Å². The van der Waals surface area contributed by atoms with Crippen LogP contribution in [0.1, 0.15) is 32.6 Å². The molecule has 2 atom stereocenters. The number of carboxylic acid groups (broad SMARTS) is 2. The van der Waals surface area contributed by atoms with E-state index in [2.05, 4.69) is 5.32 Å². The molecule has 7 nitrogen and oxygen atoms in total. The van der Waals surface area contributed by atoms with E-state index in [1.165, 1.54) is 0 Å². The molecule has 0 aliphatic carbocycles. The monoisotopic (exact) mass is 258 g/mol. The average molecular weight is 258 g/mol. The maximum atomic E-state index is 11.9. The summed E-state index contributed by atoms with van der Waals surface area (Å²) in [5, 5.41) is 19.7. The molecule has 2 unspecified atom stereocenters. The predicted molar refractivity (Wildman–Crippen MR) is 62.2 cm³/mol. The van der Waals surface area contributed by atoms with Crippen LogP contribution in [-0.2, 0) is 9.59 Å². The summed E-state index contributed by atoms with van der Waals surface area (Å²) in [6.45, 7) is 2.55. The highest BCUT2D eigenvalue weighted by Gasteiger charge is 2.31. The van der Waals surface area contributed by atoms with Crippen LogP contribution in [0.25, 0.3) is 0 Å². The highest BCUT2D eigenvalue weighted by molar-refractivity contribution is 5.86. The van der Waals surface area contributed by atoms with Crippen molar-refractivity contribution < 1.29 is 24.6 Å². The number of carbonyl (C=O) groups is 3. The van der Waals surface area contributed by atoms with Crippen LogP contribution < -0.4 is 5.32 Å². The second-order valence-corrected chi connectivity index (χ2v) is 4.34. The summed E-state index contributed by atoms with van der Waals surface area (Å²) in [5.74, 6) is -2.59. The van der Waals surface area contributed by atoms with E-state index in [0.29, 0.717) is 6.54 Å². The molecular formula is C11H18N2O5. The van der Waals surface area contributed by atoms with Crippen molar-refractivity contribution in [3.63, 3.8) is 0 Å². The molecule has 0 radical (unpaired) electrons. The Morgan fingerprint density at radius 2 is 2.06 bits per heavy atom. The number of rotatable bonds is 5. The van der Waals surface area contributed by atoms with Crippen LogP contribution in [0.4, 0.5) is 4.79 Å². The fourth-order valence-corrected chi connectivity index (χ4v) is 2.13. The molecule has 1 rings (SSSR count). The number of amides is 2. The van der Waals surface area contributed by atoms with Crippen LogP contribution in [0.2, 0.25) is 0 Å². The van der Waals surface area contributed by atoms with Gasteiger partial charge >= 0.3 is 18.0 Å². The Labute approximate surface area is 105 Å². The molecule has 1 aliphatic heterocycles. The van der Waals surface area contributed by atoms with Crippen LogP contribution >= 0.6 is 0 Å². The minimum absolute atomic E-state index is 0.115. The van der Waals surface area contributed by atoms with Crippen LogP contribution in [-0.4, -0.2) is 51.7 Å². The Balaban J connectivity index is 2.60. The van der Waals surface area contributed by atoms with Gasteiger partial charge in [-0.15, -0.1) is 0 Å². The summed E-state index contributed by atoms with van der Waals surface area (Å²) in [4.78, 5) is 34.8. The SMILES string of the molecule is CCC1CCCN1C(=O)NC(CC(=O)O)C(=O)O. The van der Waals surface area contributed by atoms with E-state index >= 15 is 0 Å². The number of carboxylic acids is 2. The van der Waals surface area contributed by atoms with Gasteiger partial charge in [0.15, 0.2) is 0 Å². The third-order valence-corrected chi connectivity index (χ3v) is 3.08.